The molecular weight excluding hydrogens is 251 g/mol. The summed E-state index contributed by atoms with van der Waals surface area (Å²) in [4.78, 5) is 0. The lowest BCUT2D eigenvalue weighted by Crippen LogP contribution is -2.04. The van der Waals surface area contributed by atoms with Gasteiger partial charge in [-0.1, -0.05) is 49.6 Å². The summed E-state index contributed by atoms with van der Waals surface area (Å²) in [5.41, 5.74) is 1.19. The molecule has 1 aliphatic rings. The Hall–Kier alpha value is -1.83. The standard InChI is InChI=1S/C12H15F.C6H6O/c13-12-8-4-7-11(9-12)10-5-2-1-3-6-10;7-6-4-2-1-3-5-6/h4,7-10H,1-3,5-6H2;1-5,7H. The highest BCUT2D eigenvalue weighted by atomic mass is 19.1. The Morgan fingerprint density at radius 1 is 0.850 bits per heavy atom. The number of halogens is 1. The van der Waals surface area contributed by atoms with Crippen molar-refractivity contribution in [2.24, 2.45) is 0 Å². The summed E-state index contributed by atoms with van der Waals surface area (Å²) < 4.78 is 12.9. The van der Waals surface area contributed by atoms with E-state index in [4.69, 9.17) is 5.11 Å². The maximum atomic E-state index is 12.9. The van der Waals surface area contributed by atoms with Gasteiger partial charge in [-0.15, -0.1) is 0 Å². The number of rotatable bonds is 1. The summed E-state index contributed by atoms with van der Waals surface area (Å²) in [5.74, 6) is 0.843. The minimum Gasteiger partial charge on any atom is -0.508 e. The summed E-state index contributed by atoms with van der Waals surface area (Å²) in [6.45, 7) is 0. The van der Waals surface area contributed by atoms with Crippen molar-refractivity contribution in [2.45, 2.75) is 38.0 Å². The minimum absolute atomic E-state index is 0.0944. The van der Waals surface area contributed by atoms with Crippen LogP contribution in [0.4, 0.5) is 4.39 Å². The van der Waals surface area contributed by atoms with Crippen LogP contribution in [-0.4, -0.2) is 5.11 Å². The van der Waals surface area contributed by atoms with Gasteiger partial charge in [0.05, 0.1) is 0 Å². The molecule has 0 aromatic heterocycles. The molecule has 20 heavy (non-hydrogen) atoms. The average Bonchev–Trinajstić information content (AvgIpc) is 2.50. The van der Waals surface area contributed by atoms with Crippen LogP contribution in [0.1, 0.15) is 43.6 Å². The Morgan fingerprint density at radius 3 is 2.10 bits per heavy atom. The van der Waals surface area contributed by atoms with Crippen molar-refractivity contribution in [3.8, 4) is 5.75 Å². The molecule has 0 bridgehead atoms. The van der Waals surface area contributed by atoms with Gasteiger partial charge in [-0.2, -0.15) is 0 Å². The molecule has 1 saturated carbocycles. The number of phenols is 1. The van der Waals surface area contributed by atoms with Crippen LogP contribution < -0.4 is 0 Å². The molecule has 0 atom stereocenters. The minimum atomic E-state index is -0.0944. The second-order valence-electron chi connectivity index (χ2n) is 5.23. The normalized spacial score (nSPS) is 15.2. The maximum absolute atomic E-state index is 12.9. The van der Waals surface area contributed by atoms with Crippen molar-refractivity contribution in [1.29, 1.82) is 0 Å². The lowest BCUT2D eigenvalue weighted by molar-refractivity contribution is 0.442. The molecule has 0 heterocycles. The number of aromatic hydroxyl groups is 1. The van der Waals surface area contributed by atoms with E-state index in [1.807, 2.05) is 12.1 Å². The van der Waals surface area contributed by atoms with E-state index < -0.39 is 0 Å². The highest BCUT2D eigenvalue weighted by Crippen LogP contribution is 2.32. The first kappa shape index (κ1) is 14.6. The predicted molar refractivity (Wildman–Crippen MR) is 80.3 cm³/mol. The van der Waals surface area contributed by atoms with E-state index in [1.54, 1.807) is 30.3 Å². The zero-order valence-electron chi connectivity index (χ0n) is 11.6. The van der Waals surface area contributed by atoms with Gasteiger partial charge in [0.15, 0.2) is 0 Å². The molecule has 1 nitrogen and oxygen atoms in total. The molecule has 3 rings (SSSR count). The predicted octanol–water partition coefficient (Wildman–Crippen LogP) is 5.27. The van der Waals surface area contributed by atoms with E-state index in [2.05, 4.69) is 6.07 Å². The summed E-state index contributed by atoms with van der Waals surface area (Å²) >= 11 is 0. The van der Waals surface area contributed by atoms with Crippen molar-refractivity contribution in [3.63, 3.8) is 0 Å². The van der Waals surface area contributed by atoms with Gasteiger partial charge in [0.2, 0.25) is 0 Å². The molecule has 2 aromatic carbocycles. The van der Waals surface area contributed by atoms with Gasteiger partial charge in [-0.05, 0) is 48.6 Å². The summed E-state index contributed by atoms with van der Waals surface area (Å²) in [7, 11) is 0. The zero-order chi connectivity index (χ0) is 14.2. The summed E-state index contributed by atoms with van der Waals surface area (Å²) in [6.07, 6.45) is 6.45. The largest absolute Gasteiger partial charge is 0.508 e. The van der Waals surface area contributed by atoms with Gasteiger partial charge in [-0.3, -0.25) is 0 Å². The molecule has 106 valence electrons. The molecule has 0 saturated heterocycles. The van der Waals surface area contributed by atoms with E-state index in [-0.39, 0.29) is 5.82 Å². The Bertz CT molecular complexity index is 504. The Morgan fingerprint density at radius 2 is 1.55 bits per heavy atom. The Balaban J connectivity index is 0.000000178. The van der Waals surface area contributed by atoms with Crippen molar-refractivity contribution in [3.05, 3.63) is 66.0 Å². The third-order valence-corrected chi connectivity index (χ3v) is 3.68. The molecular formula is C18H21FO. The van der Waals surface area contributed by atoms with Gasteiger partial charge in [0, 0.05) is 0 Å². The number of phenolic OH excluding ortho intramolecular Hbond substituents is 1. The van der Waals surface area contributed by atoms with Crippen molar-refractivity contribution in [1.82, 2.24) is 0 Å². The molecule has 0 unspecified atom stereocenters. The third-order valence-electron chi connectivity index (χ3n) is 3.68. The SMILES string of the molecule is Fc1cccc(C2CCCCC2)c1.Oc1ccccc1. The van der Waals surface area contributed by atoms with Gasteiger partial charge in [-0.25, -0.2) is 4.39 Å². The first-order chi connectivity index (χ1) is 9.75. The second-order valence-corrected chi connectivity index (χ2v) is 5.23. The van der Waals surface area contributed by atoms with E-state index in [9.17, 15) is 4.39 Å². The Labute approximate surface area is 120 Å². The average molecular weight is 272 g/mol. The zero-order valence-corrected chi connectivity index (χ0v) is 11.6. The van der Waals surface area contributed by atoms with Crippen LogP contribution >= 0.6 is 0 Å². The molecule has 1 N–H and O–H groups in total. The van der Waals surface area contributed by atoms with Crippen LogP contribution in [0.5, 0.6) is 5.75 Å². The molecule has 1 aliphatic carbocycles. The first-order valence-corrected chi connectivity index (χ1v) is 7.25. The van der Waals surface area contributed by atoms with E-state index in [1.165, 1.54) is 43.7 Å². The first-order valence-electron chi connectivity index (χ1n) is 7.25. The molecule has 0 aliphatic heterocycles. The van der Waals surface area contributed by atoms with Crippen LogP contribution in [0, 0.1) is 5.82 Å². The van der Waals surface area contributed by atoms with Crippen LogP contribution in [-0.2, 0) is 0 Å². The van der Waals surface area contributed by atoms with E-state index in [0.29, 0.717) is 11.7 Å². The van der Waals surface area contributed by atoms with Crippen LogP contribution in [0.25, 0.3) is 0 Å². The van der Waals surface area contributed by atoms with E-state index >= 15 is 0 Å². The number of para-hydroxylation sites is 1. The molecule has 1 fully saturated rings. The fourth-order valence-corrected chi connectivity index (χ4v) is 2.62. The van der Waals surface area contributed by atoms with Crippen molar-refractivity contribution < 1.29 is 9.50 Å². The highest BCUT2D eigenvalue weighted by Gasteiger charge is 2.15. The van der Waals surface area contributed by atoms with Crippen molar-refractivity contribution in [2.75, 3.05) is 0 Å². The molecule has 2 aromatic rings. The quantitative estimate of drug-likeness (QED) is 0.750. The van der Waals surface area contributed by atoms with Gasteiger partial charge >= 0.3 is 0 Å². The smallest absolute Gasteiger partial charge is 0.123 e. The maximum Gasteiger partial charge on any atom is 0.123 e. The molecule has 2 heteroatoms. The lowest BCUT2D eigenvalue weighted by Gasteiger charge is -2.21. The Kier molecular flexibility index (Phi) is 5.60. The van der Waals surface area contributed by atoms with Gasteiger partial charge < -0.3 is 5.11 Å². The molecule has 0 radical (unpaired) electrons. The van der Waals surface area contributed by atoms with Crippen molar-refractivity contribution >= 4 is 0 Å². The highest BCUT2D eigenvalue weighted by molar-refractivity contribution is 5.21. The van der Waals surface area contributed by atoms with Gasteiger partial charge in [0.1, 0.15) is 11.6 Å². The van der Waals surface area contributed by atoms with Crippen LogP contribution in [0.3, 0.4) is 0 Å². The topological polar surface area (TPSA) is 20.2 Å². The van der Waals surface area contributed by atoms with E-state index in [0.717, 1.165) is 0 Å². The van der Waals surface area contributed by atoms with Crippen LogP contribution in [0.2, 0.25) is 0 Å². The van der Waals surface area contributed by atoms with Crippen LogP contribution in [0.15, 0.2) is 54.6 Å². The third kappa shape index (κ3) is 4.69. The molecule has 0 spiro atoms. The van der Waals surface area contributed by atoms with Gasteiger partial charge in [0.25, 0.3) is 0 Å². The summed E-state index contributed by atoms with van der Waals surface area (Å²) in [5, 5.41) is 8.63. The summed E-state index contributed by atoms with van der Waals surface area (Å²) in [6, 6.07) is 15.8. The fourth-order valence-electron chi connectivity index (χ4n) is 2.62. The number of benzene rings is 2. The fraction of sp³-hybridized carbons (Fsp3) is 0.333. The second kappa shape index (κ2) is 7.68. The number of hydrogen-bond acceptors (Lipinski definition) is 1. The number of hydrogen-bond donors (Lipinski definition) is 1. The monoisotopic (exact) mass is 272 g/mol. The molecule has 0 amide bonds. The lowest BCUT2D eigenvalue weighted by atomic mass is 9.84.